The number of amides is 2. The Balaban J connectivity index is 0.00000363. The molecule has 2 atom stereocenters. The van der Waals surface area contributed by atoms with Crippen molar-refractivity contribution in [1.82, 2.24) is 9.80 Å². The monoisotopic (exact) mass is 455 g/mol. The number of benzene rings is 1. The van der Waals surface area contributed by atoms with Gasteiger partial charge in [0.1, 0.15) is 6.61 Å². The number of rotatable bonds is 7. The Hall–Kier alpha value is -2.33. The van der Waals surface area contributed by atoms with Crippen LogP contribution in [-0.4, -0.2) is 81.0 Å². The van der Waals surface area contributed by atoms with E-state index in [0.717, 1.165) is 12.8 Å². The predicted molar refractivity (Wildman–Crippen MR) is 119 cm³/mol. The highest BCUT2D eigenvalue weighted by molar-refractivity contribution is 7.92. The summed E-state index contributed by atoms with van der Waals surface area (Å²) in [6.45, 7) is 5.86. The Morgan fingerprint density at radius 2 is 2.00 bits per heavy atom. The van der Waals surface area contributed by atoms with Crippen molar-refractivity contribution in [1.29, 1.82) is 0 Å². The summed E-state index contributed by atoms with van der Waals surface area (Å²) in [6, 6.07) is 6.23. The average molecular weight is 456 g/mol. The molecule has 10 heteroatoms. The second-order valence-electron chi connectivity index (χ2n) is 8.00. The van der Waals surface area contributed by atoms with Crippen LogP contribution in [0.15, 0.2) is 24.3 Å². The normalized spacial score (nSPS) is 21.7. The van der Waals surface area contributed by atoms with Gasteiger partial charge in [-0.2, -0.15) is 0 Å². The predicted octanol–water partition coefficient (Wildman–Crippen LogP) is 2.55. The summed E-state index contributed by atoms with van der Waals surface area (Å²) < 4.78 is 37.1. The standard InChI is InChI=1S/C21H31N3O6S.H2/c1-3-13-31(27,28)22-18-8-6-17(7-9-18)20(25)24-11-10-23(14-16(24)2)21(26)30-15-19-5-4-12-29-19;/h6-9,16,19,22H,3-5,10-15H2,1-2H3;1H/t16-,19?;/m1./s1. The van der Waals surface area contributed by atoms with Crippen LogP contribution in [0.5, 0.6) is 0 Å². The van der Waals surface area contributed by atoms with Crippen molar-refractivity contribution in [3.8, 4) is 0 Å². The summed E-state index contributed by atoms with van der Waals surface area (Å²) >= 11 is 0. The molecule has 0 aliphatic carbocycles. The first-order valence-corrected chi connectivity index (χ1v) is 12.4. The fourth-order valence-electron chi connectivity index (χ4n) is 3.80. The van der Waals surface area contributed by atoms with Gasteiger partial charge in [0.2, 0.25) is 10.0 Å². The number of carbonyl (C=O) groups is 2. The van der Waals surface area contributed by atoms with Gasteiger partial charge in [0.05, 0.1) is 11.9 Å². The number of hydrogen-bond acceptors (Lipinski definition) is 6. The van der Waals surface area contributed by atoms with Gasteiger partial charge in [0.25, 0.3) is 5.91 Å². The maximum absolute atomic E-state index is 12.9. The first-order chi connectivity index (χ1) is 14.8. The second-order valence-corrected chi connectivity index (χ2v) is 9.85. The molecule has 0 saturated carbocycles. The average Bonchev–Trinajstić information content (AvgIpc) is 3.25. The van der Waals surface area contributed by atoms with Gasteiger partial charge in [-0.1, -0.05) is 6.92 Å². The quantitative estimate of drug-likeness (QED) is 0.677. The largest absolute Gasteiger partial charge is 0.447 e. The molecule has 1 N–H and O–H groups in total. The number of nitrogens with one attached hydrogen (secondary N) is 1. The lowest BCUT2D eigenvalue weighted by Crippen LogP contribution is -2.55. The SMILES string of the molecule is CCCS(=O)(=O)Nc1ccc(C(=O)N2CCN(C(=O)OCC3CCCO3)C[C@H]2C)cc1.[HH]. The lowest BCUT2D eigenvalue weighted by molar-refractivity contribution is 0.0160. The van der Waals surface area contributed by atoms with E-state index in [0.29, 0.717) is 43.9 Å². The van der Waals surface area contributed by atoms with Crippen LogP contribution in [0.25, 0.3) is 0 Å². The Morgan fingerprint density at radius 1 is 1.26 bits per heavy atom. The zero-order valence-corrected chi connectivity index (χ0v) is 18.9. The Kier molecular flexibility index (Phi) is 7.77. The molecule has 2 saturated heterocycles. The topological polar surface area (TPSA) is 105 Å². The number of piperazine rings is 1. The first-order valence-electron chi connectivity index (χ1n) is 10.7. The van der Waals surface area contributed by atoms with E-state index < -0.39 is 10.0 Å². The smallest absolute Gasteiger partial charge is 0.409 e. The lowest BCUT2D eigenvalue weighted by atomic mass is 10.1. The van der Waals surface area contributed by atoms with Gasteiger partial charge in [0.15, 0.2) is 0 Å². The molecular weight excluding hydrogens is 422 g/mol. The summed E-state index contributed by atoms with van der Waals surface area (Å²) in [5.74, 6) is -0.103. The van der Waals surface area contributed by atoms with Crippen LogP contribution in [0.2, 0.25) is 0 Å². The van der Waals surface area contributed by atoms with Crippen molar-refractivity contribution in [2.24, 2.45) is 0 Å². The van der Waals surface area contributed by atoms with Crippen LogP contribution < -0.4 is 4.72 Å². The number of hydrogen-bond donors (Lipinski definition) is 1. The summed E-state index contributed by atoms with van der Waals surface area (Å²) in [6.07, 6.45) is 2.03. The molecule has 1 aromatic carbocycles. The van der Waals surface area contributed by atoms with Crippen molar-refractivity contribution >= 4 is 27.7 Å². The van der Waals surface area contributed by atoms with Crippen molar-refractivity contribution in [3.63, 3.8) is 0 Å². The van der Waals surface area contributed by atoms with Crippen molar-refractivity contribution in [3.05, 3.63) is 29.8 Å². The molecule has 2 aliphatic heterocycles. The number of ether oxygens (including phenoxy) is 2. The molecule has 2 aliphatic rings. The van der Waals surface area contributed by atoms with Gasteiger partial charge in [-0.05, 0) is 50.5 Å². The van der Waals surface area contributed by atoms with Crippen molar-refractivity contribution < 1.29 is 28.9 Å². The third kappa shape index (κ3) is 6.33. The molecule has 2 fully saturated rings. The van der Waals surface area contributed by atoms with Gasteiger partial charge in [-0.3, -0.25) is 9.52 Å². The minimum atomic E-state index is -3.37. The molecule has 174 valence electrons. The summed E-state index contributed by atoms with van der Waals surface area (Å²) in [5, 5.41) is 0. The van der Waals surface area contributed by atoms with Gasteiger partial charge in [-0.25, -0.2) is 13.2 Å². The van der Waals surface area contributed by atoms with E-state index in [1.165, 1.54) is 0 Å². The summed E-state index contributed by atoms with van der Waals surface area (Å²) in [5.41, 5.74) is 0.900. The van der Waals surface area contributed by atoms with Gasteiger partial charge < -0.3 is 19.3 Å². The molecule has 3 rings (SSSR count). The number of sulfonamides is 1. The van der Waals surface area contributed by atoms with E-state index in [1.807, 2.05) is 6.92 Å². The van der Waals surface area contributed by atoms with Crippen LogP contribution in [-0.2, 0) is 19.5 Å². The van der Waals surface area contributed by atoms with Crippen molar-refractivity contribution in [2.75, 3.05) is 43.3 Å². The highest BCUT2D eigenvalue weighted by Crippen LogP contribution is 2.18. The first kappa shape index (κ1) is 23.3. The third-order valence-electron chi connectivity index (χ3n) is 5.44. The highest BCUT2D eigenvalue weighted by atomic mass is 32.2. The Morgan fingerprint density at radius 3 is 2.61 bits per heavy atom. The maximum atomic E-state index is 12.9. The van der Waals surface area contributed by atoms with E-state index in [9.17, 15) is 18.0 Å². The highest BCUT2D eigenvalue weighted by Gasteiger charge is 2.31. The van der Waals surface area contributed by atoms with Gasteiger partial charge >= 0.3 is 6.09 Å². The fourth-order valence-corrected chi connectivity index (χ4v) is 4.94. The van der Waals surface area contributed by atoms with Crippen LogP contribution in [0.4, 0.5) is 10.5 Å². The zero-order valence-electron chi connectivity index (χ0n) is 18.1. The molecule has 1 aromatic rings. The minimum Gasteiger partial charge on any atom is -0.447 e. The van der Waals surface area contributed by atoms with E-state index in [1.54, 1.807) is 41.0 Å². The molecule has 9 nitrogen and oxygen atoms in total. The van der Waals surface area contributed by atoms with E-state index in [-0.39, 0.29) is 37.9 Å². The minimum absolute atomic E-state index is 0. The molecule has 1 unspecified atom stereocenters. The molecule has 0 spiro atoms. The van der Waals surface area contributed by atoms with Crippen LogP contribution in [0.1, 0.15) is 44.9 Å². The molecular formula is C21H33N3O6S. The molecule has 2 heterocycles. The summed E-state index contributed by atoms with van der Waals surface area (Å²) in [7, 11) is -3.37. The van der Waals surface area contributed by atoms with E-state index in [2.05, 4.69) is 4.72 Å². The Labute approximate surface area is 185 Å². The molecule has 0 aromatic heterocycles. The zero-order chi connectivity index (χ0) is 22.4. The lowest BCUT2D eigenvalue weighted by Gasteiger charge is -2.39. The van der Waals surface area contributed by atoms with Crippen molar-refractivity contribution in [2.45, 2.75) is 45.3 Å². The number of nitrogens with zero attached hydrogens (tertiary/aromatic N) is 2. The van der Waals surface area contributed by atoms with Crippen LogP contribution in [0.3, 0.4) is 0 Å². The number of anilines is 1. The van der Waals surface area contributed by atoms with E-state index >= 15 is 0 Å². The number of carbonyl (C=O) groups excluding carboxylic acids is 2. The maximum Gasteiger partial charge on any atom is 0.409 e. The molecule has 2 amide bonds. The second kappa shape index (κ2) is 10.3. The van der Waals surface area contributed by atoms with Crippen LogP contribution >= 0.6 is 0 Å². The van der Waals surface area contributed by atoms with Crippen LogP contribution in [0, 0.1) is 0 Å². The third-order valence-corrected chi connectivity index (χ3v) is 6.93. The molecule has 31 heavy (non-hydrogen) atoms. The molecule has 0 radical (unpaired) electrons. The Bertz CT molecular complexity index is 874. The fraction of sp³-hybridized carbons (Fsp3) is 0.619. The molecule has 0 bridgehead atoms. The van der Waals surface area contributed by atoms with Gasteiger partial charge in [-0.15, -0.1) is 0 Å². The summed E-state index contributed by atoms with van der Waals surface area (Å²) in [4.78, 5) is 28.6. The van der Waals surface area contributed by atoms with Gasteiger partial charge in [0, 0.05) is 45.0 Å². The van der Waals surface area contributed by atoms with E-state index in [4.69, 9.17) is 9.47 Å².